The van der Waals surface area contributed by atoms with E-state index in [9.17, 15) is 26.7 Å². The van der Waals surface area contributed by atoms with Crippen LogP contribution in [-0.2, 0) is 10.9 Å². The highest BCUT2D eigenvalue weighted by Crippen LogP contribution is 2.39. The van der Waals surface area contributed by atoms with Crippen molar-refractivity contribution < 1.29 is 31.5 Å². The Morgan fingerprint density at radius 1 is 1.37 bits per heavy atom. The van der Waals surface area contributed by atoms with Crippen LogP contribution in [0, 0.1) is 11.3 Å². The molecule has 0 radical (unpaired) electrons. The fourth-order valence-electron chi connectivity index (χ4n) is 1.47. The Morgan fingerprint density at radius 2 is 1.95 bits per heavy atom. The lowest BCUT2D eigenvalue weighted by Gasteiger charge is -2.15. The number of rotatable bonds is 2. The molecule has 1 rings (SSSR count). The maximum Gasteiger partial charge on any atom is 0.416 e. The molecular weight excluding hydrogens is 273 g/mol. The van der Waals surface area contributed by atoms with Crippen LogP contribution in [-0.4, -0.2) is 13.1 Å². The average molecular weight is 279 g/mol. The van der Waals surface area contributed by atoms with Crippen molar-refractivity contribution in [2.24, 2.45) is 0 Å². The molecule has 0 unspecified atom stereocenters. The normalized spacial score (nSPS) is 11.3. The number of alkyl halides is 5. The van der Waals surface area contributed by atoms with Crippen LogP contribution in [0.2, 0.25) is 0 Å². The summed E-state index contributed by atoms with van der Waals surface area (Å²) in [4.78, 5) is 11.3. The fourth-order valence-corrected chi connectivity index (χ4v) is 1.47. The predicted octanol–water partition coefficient (Wildman–Crippen LogP) is 3.30. The summed E-state index contributed by atoms with van der Waals surface area (Å²) in [6.45, 7) is 0. The molecule has 19 heavy (non-hydrogen) atoms. The SMILES string of the molecule is COC(=O)c1cc(C#N)cc(C(F)(F)F)c1C(F)F. The van der Waals surface area contributed by atoms with E-state index in [2.05, 4.69) is 4.74 Å². The molecule has 1 aromatic carbocycles. The molecule has 0 aromatic heterocycles. The van der Waals surface area contributed by atoms with Crippen LogP contribution in [0.5, 0.6) is 0 Å². The number of methoxy groups -OCH3 is 1. The lowest BCUT2D eigenvalue weighted by atomic mass is 9.97. The number of hydrogen-bond donors (Lipinski definition) is 0. The molecule has 0 atom stereocenters. The van der Waals surface area contributed by atoms with Gasteiger partial charge in [-0.1, -0.05) is 0 Å². The minimum atomic E-state index is -5.11. The number of hydrogen-bond acceptors (Lipinski definition) is 3. The fraction of sp³-hybridized carbons (Fsp3) is 0.273. The van der Waals surface area contributed by atoms with Crippen LogP contribution in [0.3, 0.4) is 0 Å². The first-order chi connectivity index (χ1) is 8.72. The van der Waals surface area contributed by atoms with Gasteiger partial charge in [0, 0.05) is 5.56 Å². The van der Waals surface area contributed by atoms with Crippen LogP contribution in [0.4, 0.5) is 22.0 Å². The van der Waals surface area contributed by atoms with E-state index in [1.54, 1.807) is 0 Å². The Labute approximate surface area is 104 Å². The van der Waals surface area contributed by atoms with E-state index in [4.69, 9.17) is 5.26 Å². The summed E-state index contributed by atoms with van der Waals surface area (Å²) in [5, 5.41) is 8.58. The van der Waals surface area contributed by atoms with Gasteiger partial charge in [0.05, 0.1) is 29.9 Å². The van der Waals surface area contributed by atoms with Crippen LogP contribution in [0.25, 0.3) is 0 Å². The Balaban J connectivity index is 3.71. The molecule has 0 aliphatic rings. The second-order valence-corrected chi connectivity index (χ2v) is 3.39. The van der Waals surface area contributed by atoms with E-state index >= 15 is 0 Å². The Morgan fingerprint density at radius 3 is 2.32 bits per heavy atom. The Kier molecular flexibility index (Phi) is 4.09. The zero-order chi connectivity index (χ0) is 14.8. The third-order valence-corrected chi connectivity index (χ3v) is 2.24. The maximum atomic E-state index is 12.8. The number of carbonyl (C=O) groups excluding carboxylic acids is 1. The molecule has 0 aliphatic heterocycles. The van der Waals surface area contributed by atoms with Gasteiger partial charge in [-0.3, -0.25) is 0 Å². The molecule has 0 saturated carbocycles. The first-order valence-corrected chi connectivity index (χ1v) is 4.74. The highest BCUT2D eigenvalue weighted by atomic mass is 19.4. The first-order valence-electron chi connectivity index (χ1n) is 4.74. The third kappa shape index (κ3) is 2.99. The van der Waals surface area contributed by atoms with Gasteiger partial charge in [0.15, 0.2) is 0 Å². The minimum absolute atomic E-state index is 0.272. The topological polar surface area (TPSA) is 50.1 Å². The van der Waals surface area contributed by atoms with Crippen LogP contribution in [0.15, 0.2) is 12.1 Å². The predicted molar refractivity (Wildman–Crippen MR) is 52.5 cm³/mol. The molecule has 0 spiro atoms. The van der Waals surface area contributed by atoms with Crippen molar-refractivity contribution in [2.45, 2.75) is 12.6 Å². The molecule has 0 amide bonds. The highest BCUT2D eigenvalue weighted by Gasteiger charge is 2.39. The van der Waals surface area contributed by atoms with Crippen LogP contribution < -0.4 is 0 Å². The molecule has 1 aromatic rings. The molecule has 102 valence electrons. The number of halogens is 5. The van der Waals surface area contributed by atoms with Crippen molar-refractivity contribution >= 4 is 5.97 Å². The maximum absolute atomic E-state index is 12.8. The van der Waals surface area contributed by atoms with Gasteiger partial charge >= 0.3 is 12.1 Å². The molecular formula is C11H6F5NO2. The molecule has 0 aliphatic carbocycles. The quantitative estimate of drug-likeness (QED) is 0.616. The highest BCUT2D eigenvalue weighted by molar-refractivity contribution is 5.92. The number of carbonyl (C=O) groups is 1. The van der Waals surface area contributed by atoms with Crippen molar-refractivity contribution in [3.8, 4) is 6.07 Å². The van der Waals surface area contributed by atoms with Crippen molar-refractivity contribution in [2.75, 3.05) is 7.11 Å². The molecule has 0 saturated heterocycles. The summed E-state index contributed by atoms with van der Waals surface area (Å²) >= 11 is 0. The summed E-state index contributed by atoms with van der Waals surface area (Å²) in [6, 6.07) is 2.29. The summed E-state index contributed by atoms with van der Waals surface area (Å²) in [5.74, 6) is -1.36. The Hall–Kier alpha value is -2.17. The second kappa shape index (κ2) is 5.22. The standard InChI is InChI=1S/C11H6F5NO2/c1-19-10(18)6-2-5(4-17)3-7(11(14,15)16)8(6)9(12)13/h2-3,9H,1H3. The molecule has 0 N–H and O–H groups in total. The van der Waals surface area contributed by atoms with Crippen molar-refractivity contribution in [1.82, 2.24) is 0 Å². The summed E-state index contributed by atoms with van der Waals surface area (Å²) < 4.78 is 67.7. The van der Waals surface area contributed by atoms with Gasteiger partial charge in [-0.2, -0.15) is 18.4 Å². The van der Waals surface area contributed by atoms with Gasteiger partial charge in [0.2, 0.25) is 0 Å². The van der Waals surface area contributed by atoms with Gasteiger partial charge in [0.25, 0.3) is 6.43 Å². The number of nitriles is 1. The summed E-state index contributed by atoms with van der Waals surface area (Å²) in [7, 11) is 0.837. The lowest BCUT2D eigenvalue weighted by molar-refractivity contribution is -0.139. The van der Waals surface area contributed by atoms with E-state index in [0.29, 0.717) is 6.07 Å². The lowest BCUT2D eigenvalue weighted by Crippen LogP contribution is -2.16. The number of benzene rings is 1. The Bertz CT molecular complexity index is 545. The molecule has 8 heteroatoms. The van der Waals surface area contributed by atoms with Crippen molar-refractivity contribution in [3.63, 3.8) is 0 Å². The van der Waals surface area contributed by atoms with Crippen LogP contribution >= 0.6 is 0 Å². The molecule has 0 bridgehead atoms. The van der Waals surface area contributed by atoms with Gasteiger partial charge in [-0.15, -0.1) is 0 Å². The zero-order valence-electron chi connectivity index (χ0n) is 9.39. The van der Waals surface area contributed by atoms with Crippen molar-refractivity contribution in [3.05, 3.63) is 34.4 Å². The molecule has 3 nitrogen and oxygen atoms in total. The average Bonchev–Trinajstić information content (AvgIpc) is 2.34. The monoisotopic (exact) mass is 279 g/mol. The van der Waals surface area contributed by atoms with E-state index < -0.39 is 40.8 Å². The zero-order valence-corrected chi connectivity index (χ0v) is 9.39. The van der Waals surface area contributed by atoms with Gasteiger partial charge in [-0.05, 0) is 12.1 Å². The number of esters is 1. The summed E-state index contributed by atoms with van der Waals surface area (Å²) in [6.07, 6.45) is -8.64. The minimum Gasteiger partial charge on any atom is -0.465 e. The third-order valence-electron chi connectivity index (χ3n) is 2.24. The van der Waals surface area contributed by atoms with E-state index in [0.717, 1.165) is 7.11 Å². The van der Waals surface area contributed by atoms with Gasteiger partial charge in [0.1, 0.15) is 0 Å². The van der Waals surface area contributed by atoms with Crippen LogP contribution in [0.1, 0.15) is 33.5 Å². The number of ether oxygens (including phenoxy) is 1. The summed E-state index contributed by atoms with van der Waals surface area (Å²) in [5.41, 5.74) is -4.73. The first kappa shape index (κ1) is 14.9. The molecule has 0 heterocycles. The number of nitrogens with zero attached hydrogens (tertiary/aromatic N) is 1. The van der Waals surface area contributed by atoms with Gasteiger partial charge < -0.3 is 4.74 Å². The molecule has 0 fully saturated rings. The largest absolute Gasteiger partial charge is 0.465 e. The van der Waals surface area contributed by atoms with E-state index in [-0.39, 0.29) is 6.07 Å². The smallest absolute Gasteiger partial charge is 0.416 e. The van der Waals surface area contributed by atoms with Crippen molar-refractivity contribution in [1.29, 1.82) is 5.26 Å². The van der Waals surface area contributed by atoms with Gasteiger partial charge in [-0.25, -0.2) is 13.6 Å². The van der Waals surface area contributed by atoms with E-state index in [1.807, 2.05) is 0 Å². The van der Waals surface area contributed by atoms with E-state index in [1.165, 1.54) is 6.07 Å². The second-order valence-electron chi connectivity index (χ2n) is 3.39.